The molecule has 29 heavy (non-hydrogen) atoms. The number of likely N-dealkylation sites (tertiary alicyclic amines) is 1. The second-order valence-corrected chi connectivity index (χ2v) is 7.75. The zero-order valence-electron chi connectivity index (χ0n) is 16.3. The van der Waals surface area contributed by atoms with E-state index in [0.29, 0.717) is 42.2 Å². The van der Waals surface area contributed by atoms with Crippen molar-refractivity contribution in [2.45, 2.75) is 25.3 Å². The standard InChI is InChI=1S/C21H25N3O4S/c1-28-13-4-11-22-19(25)17-5-2-12-24(17)21(27)15-7-9-16(10-8-15)23-20(26)18-6-3-14-29-18/h3,6-10,14,17H,2,4-5,11-13H2,1H3,(H,22,25)(H,23,26)/t17-/m1/s1. The molecular formula is C21H25N3O4S. The van der Waals surface area contributed by atoms with Gasteiger partial charge >= 0.3 is 0 Å². The number of anilines is 1. The molecule has 1 aliphatic heterocycles. The number of hydrogen-bond acceptors (Lipinski definition) is 5. The highest BCUT2D eigenvalue weighted by atomic mass is 32.1. The number of ether oxygens (including phenoxy) is 1. The van der Waals surface area contributed by atoms with Gasteiger partial charge in [0.1, 0.15) is 6.04 Å². The first kappa shape index (κ1) is 21.0. The highest BCUT2D eigenvalue weighted by Gasteiger charge is 2.34. The molecule has 2 heterocycles. The third-order valence-corrected chi connectivity index (χ3v) is 5.64. The van der Waals surface area contributed by atoms with Gasteiger partial charge in [-0.2, -0.15) is 0 Å². The van der Waals surface area contributed by atoms with E-state index >= 15 is 0 Å². The van der Waals surface area contributed by atoms with E-state index in [0.717, 1.165) is 12.8 Å². The molecule has 0 saturated carbocycles. The second kappa shape index (κ2) is 10.2. The van der Waals surface area contributed by atoms with Crippen LogP contribution < -0.4 is 10.6 Å². The van der Waals surface area contributed by atoms with Crippen molar-refractivity contribution in [1.82, 2.24) is 10.2 Å². The summed E-state index contributed by atoms with van der Waals surface area (Å²) in [4.78, 5) is 39.7. The molecule has 0 spiro atoms. The van der Waals surface area contributed by atoms with Gasteiger partial charge < -0.3 is 20.3 Å². The lowest BCUT2D eigenvalue weighted by Gasteiger charge is -2.24. The van der Waals surface area contributed by atoms with E-state index in [2.05, 4.69) is 10.6 Å². The fraction of sp³-hybridized carbons (Fsp3) is 0.381. The quantitative estimate of drug-likeness (QED) is 0.649. The summed E-state index contributed by atoms with van der Waals surface area (Å²) in [6.45, 7) is 1.68. The molecule has 2 aromatic rings. The van der Waals surface area contributed by atoms with Crippen molar-refractivity contribution < 1.29 is 19.1 Å². The minimum Gasteiger partial charge on any atom is -0.385 e. The van der Waals surface area contributed by atoms with E-state index in [1.165, 1.54) is 11.3 Å². The van der Waals surface area contributed by atoms with Crippen LogP contribution in [0, 0.1) is 0 Å². The maximum Gasteiger partial charge on any atom is 0.265 e. The smallest absolute Gasteiger partial charge is 0.265 e. The number of amides is 3. The Morgan fingerprint density at radius 1 is 1.21 bits per heavy atom. The molecule has 0 unspecified atom stereocenters. The molecule has 3 amide bonds. The molecule has 0 aliphatic carbocycles. The summed E-state index contributed by atoms with van der Waals surface area (Å²) in [5, 5.41) is 7.54. The summed E-state index contributed by atoms with van der Waals surface area (Å²) in [6.07, 6.45) is 2.20. The Morgan fingerprint density at radius 3 is 2.69 bits per heavy atom. The Hall–Kier alpha value is -2.71. The lowest BCUT2D eigenvalue weighted by atomic mass is 10.1. The van der Waals surface area contributed by atoms with Gasteiger partial charge in [-0.1, -0.05) is 6.07 Å². The number of carbonyl (C=O) groups is 3. The summed E-state index contributed by atoms with van der Waals surface area (Å²) in [7, 11) is 1.62. The highest BCUT2D eigenvalue weighted by molar-refractivity contribution is 7.12. The van der Waals surface area contributed by atoms with Gasteiger partial charge in [-0.25, -0.2) is 0 Å². The van der Waals surface area contributed by atoms with Gasteiger partial charge in [-0.15, -0.1) is 11.3 Å². The molecule has 1 aromatic carbocycles. The van der Waals surface area contributed by atoms with E-state index < -0.39 is 6.04 Å². The first-order valence-electron chi connectivity index (χ1n) is 9.62. The van der Waals surface area contributed by atoms with E-state index in [1.807, 2.05) is 11.4 Å². The minimum atomic E-state index is -0.441. The van der Waals surface area contributed by atoms with Gasteiger partial charge in [-0.3, -0.25) is 14.4 Å². The number of hydrogen-bond donors (Lipinski definition) is 2. The molecular weight excluding hydrogens is 390 g/mol. The van der Waals surface area contributed by atoms with Crippen LogP contribution in [-0.4, -0.2) is 55.5 Å². The maximum absolute atomic E-state index is 12.9. The zero-order chi connectivity index (χ0) is 20.6. The van der Waals surface area contributed by atoms with Crippen molar-refractivity contribution in [3.05, 3.63) is 52.2 Å². The van der Waals surface area contributed by atoms with Crippen LogP contribution in [0.4, 0.5) is 5.69 Å². The zero-order valence-corrected chi connectivity index (χ0v) is 17.2. The number of methoxy groups -OCH3 is 1. The largest absolute Gasteiger partial charge is 0.385 e. The van der Waals surface area contributed by atoms with Crippen LogP contribution in [0.1, 0.15) is 39.3 Å². The van der Waals surface area contributed by atoms with Crippen LogP contribution in [-0.2, 0) is 9.53 Å². The van der Waals surface area contributed by atoms with Crippen molar-refractivity contribution in [3.63, 3.8) is 0 Å². The third kappa shape index (κ3) is 5.42. The average Bonchev–Trinajstić information content (AvgIpc) is 3.43. The first-order valence-corrected chi connectivity index (χ1v) is 10.5. The maximum atomic E-state index is 12.9. The summed E-state index contributed by atoms with van der Waals surface area (Å²) >= 11 is 1.37. The topological polar surface area (TPSA) is 87.7 Å². The SMILES string of the molecule is COCCCNC(=O)[C@H]1CCCN1C(=O)c1ccc(NC(=O)c2cccs2)cc1. The lowest BCUT2D eigenvalue weighted by molar-refractivity contribution is -0.124. The summed E-state index contributed by atoms with van der Waals surface area (Å²) < 4.78 is 4.98. The molecule has 154 valence electrons. The first-order chi connectivity index (χ1) is 14.1. The van der Waals surface area contributed by atoms with Gasteiger partial charge in [0.2, 0.25) is 5.91 Å². The summed E-state index contributed by atoms with van der Waals surface area (Å²) in [5.41, 5.74) is 1.12. The molecule has 1 aromatic heterocycles. The molecule has 0 bridgehead atoms. The normalized spacial score (nSPS) is 15.9. The van der Waals surface area contributed by atoms with Crippen LogP contribution in [0.15, 0.2) is 41.8 Å². The third-order valence-electron chi connectivity index (χ3n) is 4.78. The Kier molecular flexibility index (Phi) is 7.37. The number of thiophene rings is 1. The molecule has 1 saturated heterocycles. The van der Waals surface area contributed by atoms with Crippen molar-refractivity contribution in [2.75, 3.05) is 32.1 Å². The predicted octanol–water partition coefficient (Wildman–Crippen LogP) is 2.76. The second-order valence-electron chi connectivity index (χ2n) is 6.80. The molecule has 2 N–H and O–H groups in total. The summed E-state index contributed by atoms with van der Waals surface area (Å²) in [6, 6.07) is 9.90. The number of nitrogens with zero attached hydrogens (tertiary/aromatic N) is 1. The molecule has 8 heteroatoms. The van der Waals surface area contributed by atoms with E-state index in [1.54, 1.807) is 42.3 Å². The average molecular weight is 416 g/mol. The minimum absolute atomic E-state index is 0.119. The Labute approximate surface area is 174 Å². The van der Waals surface area contributed by atoms with Crippen LogP contribution in [0.3, 0.4) is 0 Å². The van der Waals surface area contributed by atoms with E-state index in [9.17, 15) is 14.4 Å². The molecule has 1 fully saturated rings. The van der Waals surface area contributed by atoms with Crippen LogP contribution >= 0.6 is 11.3 Å². The number of carbonyl (C=O) groups excluding carboxylic acids is 3. The van der Waals surface area contributed by atoms with Gasteiger partial charge in [0.15, 0.2) is 0 Å². The van der Waals surface area contributed by atoms with Crippen LogP contribution in [0.25, 0.3) is 0 Å². The fourth-order valence-corrected chi connectivity index (χ4v) is 3.91. The molecule has 1 atom stereocenters. The van der Waals surface area contributed by atoms with E-state index in [-0.39, 0.29) is 17.7 Å². The van der Waals surface area contributed by atoms with Gasteiger partial charge in [0, 0.05) is 38.1 Å². The van der Waals surface area contributed by atoms with Crippen molar-refractivity contribution in [1.29, 1.82) is 0 Å². The Morgan fingerprint density at radius 2 is 2.00 bits per heavy atom. The van der Waals surface area contributed by atoms with Crippen molar-refractivity contribution in [2.24, 2.45) is 0 Å². The molecule has 1 aliphatic rings. The lowest BCUT2D eigenvalue weighted by Crippen LogP contribution is -2.46. The monoisotopic (exact) mass is 415 g/mol. The molecule has 0 radical (unpaired) electrons. The van der Waals surface area contributed by atoms with Crippen LogP contribution in [0.5, 0.6) is 0 Å². The van der Waals surface area contributed by atoms with Gasteiger partial charge in [-0.05, 0) is 55.0 Å². The Balaban J connectivity index is 1.58. The van der Waals surface area contributed by atoms with Gasteiger partial charge in [0.05, 0.1) is 4.88 Å². The van der Waals surface area contributed by atoms with Crippen molar-refractivity contribution in [3.8, 4) is 0 Å². The summed E-state index contributed by atoms with van der Waals surface area (Å²) in [5.74, 6) is -0.466. The molecule has 3 rings (SSSR count). The Bertz CT molecular complexity index is 836. The van der Waals surface area contributed by atoms with Crippen molar-refractivity contribution >= 4 is 34.7 Å². The highest BCUT2D eigenvalue weighted by Crippen LogP contribution is 2.21. The predicted molar refractivity (Wildman–Crippen MR) is 112 cm³/mol. The fourth-order valence-electron chi connectivity index (χ4n) is 3.29. The number of rotatable bonds is 8. The van der Waals surface area contributed by atoms with Crippen LogP contribution in [0.2, 0.25) is 0 Å². The van der Waals surface area contributed by atoms with Gasteiger partial charge in [0.25, 0.3) is 11.8 Å². The number of benzene rings is 1. The number of nitrogens with one attached hydrogen (secondary N) is 2. The molecule has 7 nitrogen and oxygen atoms in total. The van der Waals surface area contributed by atoms with E-state index in [4.69, 9.17) is 4.74 Å².